The van der Waals surface area contributed by atoms with Gasteiger partial charge in [-0.1, -0.05) is 19.9 Å². The minimum atomic E-state index is -0.728. The molecule has 0 radical (unpaired) electrons. The third-order valence-corrected chi connectivity index (χ3v) is 3.54. The van der Waals surface area contributed by atoms with Crippen LogP contribution in [0.4, 0.5) is 5.69 Å². The maximum absolute atomic E-state index is 12.2. The molecule has 3 N–H and O–H groups in total. The highest BCUT2D eigenvalue weighted by Crippen LogP contribution is 2.22. The van der Waals surface area contributed by atoms with Gasteiger partial charge in [-0.25, -0.2) is 4.98 Å². The molecule has 0 aliphatic rings. The molecular weight excluding hydrogens is 334 g/mol. The first-order valence-electron chi connectivity index (χ1n) is 8.09. The van der Waals surface area contributed by atoms with Crippen LogP contribution in [0.15, 0.2) is 59.1 Å². The Morgan fingerprint density at radius 3 is 2.73 bits per heavy atom. The number of fused-ring (bicyclic) bond motifs is 1. The van der Waals surface area contributed by atoms with E-state index in [2.05, 4.69) is 35.5 Å². The number of anilines is 1. The Hall–Kier alpha value is -3.35. The fraction of sp³-hybridized carbons (Fsp3) is 0.211. The second-order valence-corrected chi connectivity index (χ2v) is 5.52. The standard InChI is InChI=1S/C19H21N3O4/c1-4-5-10-26-16-9-6-13-11-14(7-8-15(13)22-16)21-19(25)17(20-3)18(24)12(2)23/h6-9,11,23-24H,2-5,10H2,1H3,(H,21,25)/b18-17+. The van der Waals surface area contributed by atoms with Gasteiger partial charge in [-0.3, -0.25) is 9.79 Å². The van der Waals surface area contributed by atoms with Crippen LogP contribution >= 0.6 is 0 Å². The Bertz CT molecular complexity index is 874. The molecule has 0 saturated heterocycles. The zero-order valence-electron chi connectivity index (χ0n) is 14.5. The van der Waals surface area contributed by atoms with Crippen molar-refractivity contribution in [3.8, 4) is 5.88 Å². The van der Waals surface area contributed by atoms with Gasteiger partial charge in [0.25, 0.3) is 5.91 Å². The highest BCUT2D eigenvalue weighted by Gasteiger charge is 2.16. The van der Waals surface area contributed by atoms with Gasteiger partial charge in [-0.15, -0.1) is 0 Å². The maximum Gasteiger partial charge on any atom is 0.278 e. The van der Waals surface area contributed by atoms with E-state index in [-0.39, 0.29) is 0 Å². The lowest BCUT2D eigenvalue weighted by Crippen LogP contribution is -2.15. The number of benzene rings is 1. The van der Waals surface area contributed by atoms with E-state index in [1.54, 1.807) is 24.3 Å². The number of ether oxygens (including phenoxy) is 1. The lowest BCUT2D eigenvalue weighted by atomic mass is 10.2. The lowest BCUT2D eigenvalue weighted by Gasteiger charge is -2.09. The molecule has 0 spiro atoms. The molecule has 0 fully saturated rings. The van der Waals surface area contributed by atoms with Crippen molar-refractivity contribution in [2.75, 3.05) is 11.9 Å². The quantitative estimate of drug-likeness (QED) is 0.219. The Morgan fingerprint density at radius 1 is 1.31 bits per heavy atom. The number of rotatable bonds is 8. The summed E-state index contributed by atoms with van der Waals surface area (Å²) in [5.41, 5.74) is 0.776. The van der Waals surface area contributed by atoms with E-state index in [0.717, 1.165) is 23.7 Å². The van der Waals surface area contributed by atoms with Gasteiger partial charge in [0.2, 0.25) is 5.88 Å². The molecule has 26 heavy (non-hydrogen) atoms. The van der Waals surface area contributed by atoms with Gasteiger partial charge >= 0.3 is 0 Å². The van der Waals surface area contributed by atoms with Crippen molar-refractivity contribution >= 4 is 29.2 Å². The third kappa shape index (κ3) is 4.60. The summed E-state index contributed by atoms with van der Waals surface area (Å²) < 4.78 is 5.58. The van der Waals surface area contributed by atoms with Crippen molar-refractivity contribution in [3.05, 3.63) is 54.1 Å². The van der Waals surface area contributed by atoms with Crippen molar-refractivity contribution in [3.63, 3.8) is 0 Å². The molecule has 1 aromatic carbocycles. The Labute approximate surface area is 151 Å². The number of aliphatic hydroxyl groups excluding tert-OH is 2. The van der Waals surface area contributed by atoms with Gasteiger partial charge in [0.15, 0.2) is 17.2 Å². The van der Waals surface area contributed by atoms with Gasteiger partial charge < -0.3 is 20.3 Å². The summed E-state index contributed by atoms with van der Waals surface area (Å²) in [7, 11) is 0. The number of nitrogens with one attached hydrogen (secondary N) is 1. The second-order valence-electron chi connectivity index (χ2n) is 5.52. The summed E-state index contributed by atoms with van der Waals surface area (Å²) in [4.78, 5) is 20.0. The number of hydrogen-bond acceptors (Lipinski definition) is 6. The zero-order chi connectivity index (χ0) is 19.1. The maximum atomic E-state index is 12.2. The fourth-order valence-corrected chi connectivity index (χ4v) is 2.17. The number of nitrogens with zero attached hydrogens (tertiary/aromatic N) is 2. The largest absolute Gasteiger partial charge is 0.505 e. The molecule has 1 heterocycles. The van der Waals surface area contributed by atoms with E-state index in [1.165, 1.54) is 0 Å². The summed E-state index contributed by atoms with van der Waals surface area (Å²) >= 11 is 0. The smallest absolute Gasteiger partial charge is 0.278 e. The zero-order valence-corrected chi connectivity index (χ0v) is 14.5. The average Bonchev–Trinajstić information content (AvgIpc) is 2.62. The molecular formula is C19H21N3O4. The minimum absolute atomic E-state index is 0.421. The van der Waals surface area contributed by atoms with Crippen LogP contribution in [0.5, 0.6) is 5.88 Å². The van der Waals surface area contributed by atoms with Crippen LogP contribution in [0.2, 0.25) is 0 Å². The van der Waals surface area contributed by atoms with Crippen LogP contribution in [0, 0.1) is 0 Å². The highest BCUT2D eigenvalue weighted by atomic mass is 16.5. The minimum Gasteiger partial charge on any atom is -0.505 e. The third-order valence-electron chi connectivity index (χ3n) is 3.54. The molecule has 1 amide bonds. The summed E-state index contributed by atoms with van der Waals surface area (Å²) in [5.74, 6) is -1.57. The number of hydrogen-bond donors (Lipinski definition) is 3. The van der Waals surface area contributed by atoms with Crippen LogP contribution in [0.25, 0.3) is 10.9 Å². The van der Waals surface area contributed by atoms with E-state index < -0.39 is 23.1 Å². The number of carbonyl (C=O) groups excluding carboxylic acids is 1. The van der Waals surface area contributed by atoms with Gasteiger partial charge in [-0.2, -0.15) is 0 Å². The fourth-order valence-electron chi connectivity index (χ4n) is 2.17. The molecule has 0 bridgehead atoms. The molecule has 0 aliphatic heterocycles. The molecule has 0 unspecified atom stereocenters. The van der Waals surface area contributed by atoms with Crippen LogP contribution < -0.4 is 10.1 Å². The molecule has 1 aromatic heterocycles. The average molecular weight is 355 g/mol. The van der Waals surface area contributed by atoms with Gasteiger partial charge in [0, 0.05) is 17.1 Å². The van der Waals surface area contributed by atoms with E-state index in [1.807, 2.05) is 6.07 Å². The summed E-state index contributed by atoms with van der Waals surface area (Å²) in [5, 5.41) is 22.2. The van der Waals surface area contributed by atoms with Crippen molar-refractivity contribution < 1.29 is 19.7 Å². The van der Waals surface area contributed by atoms with Crippen LogP contribution in [-0.4, -0.2) is 34.4 Å². The molecule has 2 aromatic rings. The lowest BCUT2D eigenvalue weighted by molar-refractivity contribution is -0.113. The van der Waals surface area contributed by atoms with Crippen LogP contribution in [-0.2, 0) is 4.79 Å². The summed E-state index contributed by atoms with van der Waals surface area (Å²) in [6.07, 6.45) is 2.01. The number of pyridine rings is 1. The topological polar surface area (TPSA) is 104 Å². The van der Waals surface area contributed by atoms with Crippen molar-refractivity contribution in [2.45, 2.75) is 19.8 Å². The molecule has 136 valence electrons. The summed E-state index contributed by atoms with van der Waals surface area (Å²) in [6, 6.07) is 8.74. The van der Waals surface area contributed by atoms with Gasteiger partial charge in [0.05, 0.1) is 12.1 Å². The van der Waals surface area contributed by atoms with Gasteiger partial charge in [0.1, 0.15) is 0 Å². The van der Waals surface area contributed by atoms with E-state index >= 15 is 0 Å². The Balaban J connectivity index is 2.19. The molecule has 0 saturated carbocycles. The molecule has 0 atom stereocenters. The number of aliphatic hydroxyl groups is 2. The molecule has 2 rings (SSSR count). The first-order valence-corrected chi connectivity index (χ1v) is 8.09. The predicted octanol–water partition coefficient (Wildman–Crippen LogP) is 3.89. The number of aromatic nitrogens is 1. The van der Waals surface area contributed by atoms with E-state index in [9.17, 15) is 15.0 Å². The van der Waals surface area contributed by atoms with Crippen molar-refractivity contribution in [1.82, 2.24) is 4.98 Å². The predicted molar refractivity (Wildman–Crippen MR) is 102 cm³/mol. The number of amides is 1. The number of aliphatic imine (C=N–C) groups is 1. The number of carbonyl (C=O) groups is 1. The Morgan fingerprint density at radius 2 is 2.08 bits per heavy atom. The van der Waals surface area contributed by atoms with Gasteiger partial charge in [-0.05, 0) is 37.4 Å². The highest BCUT2D eigenvalue weighted by molar-refractivity contribution is 6.05. The second kappa shape index (κ2) is 8.66. The van der Waals surface area contributed by atoms with Crippen LogP contribution in [0.3, 0.4) is 0 Å². The number of unbranched alkanes of at least 4 members (excludes halogenated alkanes) is 1. The molecule has 0 aliphatic carbocycles. The molecule has 7 nitrogen and oxygen atoms in total. The molecule has 7 heteroatoms. The van der Waals surface area contributed by atoms with E-state index in [4.69, 9.17) is 4.74 Å². The van der Waals surface area contributed by atoms with Crippen LogP contribution in [0.1, 0.15) is 19.8 Å². The van der Waals surface area contributed by atoms with E-state index in [0.29, 0.717) is 18.2 Å². The van der Waals surface area contributed by atoms with Crippen molar-refractivity contribution in [1.29, 1.82) is 0 Å². The first kappa shape index (κ1) is 19.0. The van der Waals surface area contributed by atoms with Crippen molar-refractivity contribution in [2.24, 2.45) is 4.99 Å². The Kier molecular flexibility index (Phi) is 6.32. The summed E-state index contributed by atoms with van der Waals surface area (Å²) in [6.45, 7) is 9.07. The first-order chi connectivity index (χ1) is 12.5. The SMILES string of the molecule is C=N/C(C(=O)Nc1ccc2nc(OCCCC)ccc2c1)=C(/O)C(=C)O. The monoisotopic (exact) mass is 355 g/mol. The normalized spacial score (nSPS) is 11.6.